The van der Waals surface area contributed by atoms with Crippen molar-refractivity contribution in [2.75, 3.05) is 19.8 Å². The van der Waals surface area contributed by atoms with Crippen molar-refractivity contribution in [2.45, 2.75) is 96.6 Å². The molecule has 39 heavy (non-hydrogen) atoms. The lowest BCUT2D eigenvalue weighted by atomic mass is 9.96. The van der Waals surface area contributed by atoms with E-state index >= 15 is 0 Å². The molecule has 1 atom stereocenters. The maximum atomic E-state index is 6.84. The number of hydrogen-bond acceptors (Lipinski definition) is 4. The van der Waals surface area contributed by atoms with Crippen LogP contribution in [0, 0.1) is 0 Å². The highest BCUT2D eigenvalue weighted by molar-refractivity contribution is 7.08. The van der Waals surface area contributed by atoms with Gasteiger partial charge in [0.2, 0.25) is 0 Å². The Morgan fingerprint density at radius 1 is 0.821 bits per heavy atom. The van der Waals surface area contributed by atoms with Crippen molar-refractivity contribution < 1.29 is 9.16 Å². The molecule has 3 nitrogen and oxygen atoms in total. The number of nitrogens with zero attached hydrogens (tertiary/aromatic N) is 1. The van der Waals surface area contributed by atoms with E-state index in [1.54, 1.807) is 11.3 Å². The number of ether oxygens (including phenoxy) is 1. The van der Waals surface area contributed by atoms with E-state index in [9.17, 15) is 0 Å². The molecule has 4 rings (SSSR count). The predicted molar refractivity (Wildman–Crippen MR) is 170 cm³/mol. The van der Waals surface area contributed by atoms with Gasteiger partial charge in [-0.3, -0.25) is 4.90 Å². The number of unbranched alkanes of at least 4 members (excludes halogenated alkanes) is 2. The van der Waals surface area contributed by atoms with E-state index in [0.717, 1.165) is 32.5 Å². The lowest BCUT2D eigenvalue weighted by molar-refractivity contribution is 0.0444. The summed E-state index contributed by atoms with van der Waals surface area (Å²) in [6.07, 6.45) is 3.49. The number of hydrogen-bond donors (Lipinski definition) is 0. The summed E-state index contributed by atoms with van der Waals surface area (Å²) in [4.78, 5) is 2.65. The zero-order valence-electron chi connectivity index (χ0n) is 25.0. The summed E-state index contributed by atoms with van der Waals surface area (Å²) < 4.78 is 13.2. The SMILES string of the molecule is CC(C)[Si](OCCCCCN1Cc2ccccc2-c2cscc2COC[C@H]1c1ccccc1)(C(C)C)C(C)C. The van der Waals surface area contributed by atoms with Gasteiger partial charge in [0.25, 0.3) is 0 Å². The Kier molecular flexibility index (Phi) is 11.0. The summed E-state index contributed by atoms with van der Waals surface area (Å²) in [6, 6.07) is 20.1. The highest BCUT2D eigenvalue weighted by Crippen LogP contribution is 2.42. The Morgan fingerprint density at radius 2 is 1.51 bits per heavy atom. The van der Waals surface area contributed by atoms with Gasteiger partial charge in [-0.15, -0.1) is 0 Å². The minimum Gasteiger partial charge on any atom is -0.416 e. The quantitative estimate of drug-likeness (QED) is 0.171. The Balaban J connectivity index is 1.47. The molecule has 0 unspecified atom stereocenters. The largest absolute Gasteiger partial charge is 0.416 e. The van der Waals surface area contributed by atoms with Crippen LogP contribution in [0.1, 0.15) is 83.5 Å². The van der Waals surface area contributed by atoms with Crippen LogP contribution in [0.5, 0.6) is 0 Å². The van der Waals surface area contributed by atoms with Gasteiger partial charge >= 0.3 is 0 Å². The van der Waals surface area contributed by atoms with E-state index in [4.69, 9.17) is 9.16 Å². The fraction of sp³-hybridized carbons (Fsp3) is 0.529. The molecule has 0 saturated carbocycles. The molecule has 0 N–H and O–H groups in total. The highest BCUT2D eigenvalue weighted by Gasteiger charge is 2.44. The van der Waals surface area contributed by atoms with Crippen LogP contribution in [-0.2, 0) is 22.3 Å². The van der Waals surface area contributed by atoms with Gasteiger partial charge in [-0.05, 0) is 81.0 Å². The molecule has 212 valence electrons. The first-order chi connectivity index (χ1) is 18.8. The molecule has 0 fully saturated rings. The van der Waals surface area contributed by atoms with E-state index < -0.39 is 8.32 Å². The number of rotatable bonds is 11. The van der Waals surface area contributed by atoms with E-state index in [-0.39, 0.29) is 6.04 Å². The van der Waals surface area contributed by atoms with Gasteiger partial charge in [-0.2, -0.15) is 11.3 Å². The van der Waals surface area contributed by atoms with Gasteiger partial charge < -0.3 is 9.16 Å². The Hall–Kier alpha value is -1.76. The van der Waals surface area contributed by atoms with Crippen LogP contribution in [-0.4, -0.2) is 33.0 Å². The van der Waals surface area contributed by atoms with Crippen molar-refractivity contribution in [1.82, 2.24) is 4.90 Å². The van der Waals surface area contributed by atoms with E-state index in [0.29, 0.717) is 29.8 Å². The molecule has 2 heterocycles. The van der Waals surface area contributed by atoms with E-state index in [2.05, 4.69) is 112 Å². The van der Waals surface area contributed by atoms with Gasteiger partial charge in [-0.25, -0.2) is 0 Å². The monoisotopic (exact) mass is 563 g/mol. The van der Waals surface area contributed by atoms with Crippen LogP contribution < -0.4 is 0 Å². The third-order valence-electron chi connectivity index (χ3n) is 8.73. The number of benzene rings is 2. The van der Waals surface area contributed by atoms with Crippen LogP contribution in [0.4, 0.5) is 0 Å². The van der Waals surface area contributed by atoms with Crippen LogP contribution in [0.3, 0.4) is 0 Å². The van der Waals surface area contributed by atoms with Crippen LogP contribution >= 0.6 is 11.3 Å². The zero-order valence-corrected chi connectivity index (χ0v) is 26.8. The summed E-state index contributed by atoms with van der Waals surface area (Å²) >= 11 is 1.77. The first kappa shape index (κ1) is 30.2. The molecule has 1 aliphatic heterocycles. The minimum atomic E-state index is -1.79. The molecule has 2 aromatic carbocycles. The molecule has 5 heteroatoms. The molecule has 1 aromatic heterocycles. The fourth-order valence-corrected chi connectivity index (χ4v) is 13.2. The van der Waals surface area contributed by atoms with E-state index in [1.165, 1.54) is 34.2 Å². The Labute approximate surface area is 242 Å². The van der Waals surface area contributed by atoms with Crippen molar-refractivity contribution >= 4 is 19.7 Å². The topological polar surface area (TPSA) is 21.7 Å². The summed E-state index contributed by atoms with van der Waals surface area (Å²) in [6.45, 7) is 18.5. The second-order valence-corrected chi connectivity index (χ2v) is 18.3. The average molecular weight is 564 g/mol. The molecule has 0 spiro atoms. The van der Waals surface area contributed by atoms with E-state index in [1.807, 2.05) is 0 Å². The van der Waals surface area contributed by atoms with Crippen LogP contribution in [0.15, 0.2) is 65.4 Å². The van der Waals surface area contributed by atoms with Crippen molar-refractivity contribution in [2.24, 2.45) is 0 Å². The third-order valence-corrected chi connectivity index (χ3v) is 15.6. The maximum Gasteiger partial charge on any atom is 0.200 e. The predicted octanol–water partition coefficient (Wildman–Crippen LogP) is 9.85. The molecule has 0 radical (unpaired) electrons. The van der Waals surface area contributed by atoms with Gasteiger partial charge in [0.1, 0.15) is 0 Å². The lowest BCUT2D eigenvalue weighted by Gasteiger charge is -2.42. The standard InChI is InChI=1S/C34H49NO2SSi/c1-26(2)39(27(3)4,28(5)6)37-20-14-8-13-19-35-21-30-17-11-12-18-32(30)33-25-38-24-31(33)22-36-23-34(35)29-15-9-7-10-16-29/h7,9-12,15-18,24-28,34H,8,13-14,19-23H2,1-6H3/t34-/m0/s1. The van der Waals surface area contributed by atoms with Crippen molar-refractivity contribution in [3.8, 4) is 11.1 Å². The summed E-state index contributed by atoms with van der Waals surface area (Å²) in [5, 5.41) is 4.54. The average Bonchev–Trinajstić information content (AvgIpc) is 3.38. The van der Waals surface area contributed by atoms with Gasteiger partial charge in [0.05, 0.1) is 19.3 Å². The molecule has 3 aromatic rings. The summed E-state index contributed by atoms with van der Waals surface area (Å²) in [5.41, 5.74) is 8.65. The lowest BCUT2D eigenvalue weighted by Crippen LogP contribution is -2.47. The second-order valence-electron chi connectivity index (χ2n) is 12.1. The van der Waals surface area contributed by atoms with Crippen molar-refractivity contribution in [3.63, 3.8) is 0 Å². The normalized spacial score (nSPS) is 17.0. The Morgan fingerprint density at radius 3 is 2.23 bits per heavy atom. The third kappa shape index (κ3) is 7.12. The van der Waals surface area contributed by atoms with Gasteiger partial charge in [0.15, 0.2) is 8.32 Å². The second kappa shape index (κ2) is 14.2. The van der Waals surface area contributed by atoms with Gasteiger partial charge in [-0.1, -0.05) is 96.1 Å². The Bertz CT molecular complexity index is 1120. The smallest absolute Gasteiger partial charge is 0.200 e. The number of thiophene rings is 1. The molecule has 0 amide bonds. The molecular formula is C34H49NO2SSi. The summed E-state index contributed by atoms with van der Waals surface area (Å²) in [5.74, 6) is 0. The van der Waals surface area contributed by atoms with Crippen LogP contribution in [0.2, 0.25) is 16.6 Å². The minimum absolute atomic E-state index is 0.235. The van der Waals surface area contributed by atoms with Crippen LogP contribution in [0.25, 0.3) is 11.1 Å². The molecule has 0 aliphatic carbocycles. The molecule has 0 saturated heterocycles. The maximum absolute atomic E-state index is 6.84. The number of fused-ring (bicyclic) bond motifs is 3. The molecule has 1 aliphatic rings. The first-order valence-electron chi connectivity index (χ1n) is 15.0. The van der Waals surface area contributed by atoms with Crippen molar-refractivity contribution in [3.05, 3.63) is 82.0 Å². The van der Waals surface area contributed by atoms with Gasteiger partial charge in [0, 0.05) is 13.2 Å². The van der Waals surface area contributed by atoms with Crippen molar-refractivity contribution in [1.29, 1.82) is 0 Å². The fourth-order valence-electron chi connectivity index (χ4n) is 6.87. The zero-order chi connectivity index (χ0) is 27.8. The molecule has 0 bridgehead atoms. The first-order valence-corrected chi connectivity index (χ1v) is 18.1. The summed E-state index contributed by atoms with van der Waals surface area (Å²) in [7, 11) is -1.79. The highest BCUT2D eigenvalue weighted by atomic mass is 32.1. The molecular weight excluding hydrogens is 515 g/mol.